The first-order valence-electron chi connectivity index (χ1n) is 8.17. The Bertz CT molecular complexity index is 931. The van der Waals surface area contributed by atoms with Gasteiger partial charge in [-0.1, -0.05) is 13.0 Å². The summed E-state index contributed by atoms with van der Waals surface area (Å²) in [5, 5.41) is 0.898. The number of ether oxygens (including phenoxy) is 1. The zero-order valence-corrected chi connectivity index (χ0v) is 14.7. The molecule has 0 radical (unpaired) electrons. The van der Waals surface area contributed by atoms with E-state index < -0.39 is 12.3 Å². The minimum Gasteiger partial charge on any atom is -0.480 e. The maximum Gasteiger partial charge on any atom is 0.316 e. The molecule has 7 heteroatoms. The lowest BCUT2D eigenvalue weighted by molar-refractivity contribution is -0.128. The summed E-state index contributed by atoms with van der Waals surface area (Å²) in [6, 6.07) is 8.99. The minimum absolute atomic E-state index is 0.394. The van der Waals surface area contributed by atoms with E-state index in [1.807, 2.05) is 19.1 Å². The number of aryl methyl sites for hydroxylation is 1. The number of benzene rings is 1. The number of pyridine rings is 1. The topological polar surface area (TPSA) is 58.2 Å². The van der Waals surface area contributed by atoms with Gasteiger partial charge in [-0.3, -0.25) is 4.79 Å². The predicted octanol–water partition coefficient (Wildman–Crippen LogP) is 4.03. The van der Waals surface area contributed by atoms with E-state index >= 15 is 0 Å². The summed E-state index contributed by atoms with van der Waals surface area (Å²) in [7, 11) is 2.90. The van der Waals surface area contributed by atoms with Gasteiger partial charge in [-0.05, 0) is 36.2 Å². The number of hydrogen-bond donors (Lipinski definition) is 1. The quantitative estimate of drug-likeness (QED) is 0.748. The lowest BCUT2D eigenvalue weighted by Gasteiger charge is -2.16. The second-order valence-electron chi connectivity index (χ2n) is 5.86. The molecule has 0 unspecified atom stereocenters. The van der Waals surface area contributed by atoms with Crippen molar-refractivity contribution in [1.29, 1.82) is 0 Å². The molecule has 0 fully saturated rings. The molecule has 0 spiro atoms. The van der Waals surface area contributed by atoms with E-state index in [0.29, 0.717) is 11.6 Å². The minimum atomic E-state index is -3.04. The zero-order chi connectivity index (χ0) is 18.8. The average molecular weight is 359 g/mol. The summed E-state index contributed by atoms with van der Waals surface area (Å²) in [6.45, 7) is 2.05. The van der Waals surface area contributed by atoms with Crippen LogP contribution in [0.1, 0.15) is 12.5 Å². The van der Waals surface area contributed by atoms with E-state index in [1.165, 1.54) is 7.05 Å². The van der Waals surface area contributed by atoms with Crippen LogP contribution >= 0.6 is 0 Å². The maximum atomic E-state index is 12.7. The van der Waals surface area contributed by atoms with Crippen molar-refractivity contribution in [2.45, 2.75) is 19.8 Å². The van der Waals surface area contributed by atoms with Crippen LogP contribution in [0.25, 0.3) is 22.2 Å². The molecule has 136 valence electrons. The second kappa shape index (κ2) is 7.11. The van der Waals surface area contributed by atoms with Crippen LogP contribution in [0.15, 0.2) is 36.5 Å². The number of amides is 1. The van der Waals surface area contributed by atoms with E-state index in [0.717, 1.165) is 39.0 Å². The van der Waals surface area contributed by atoms with E-state index in [-0.39, 0.29) is 0 Å². The number of fused-ring (bicyclic) bond motifs is 1. The maximum absolute atomic E-state index is 12.7. The highest BCUT2D eigenvalue weighted by Gasteiger charge is 2.22. The zero-order valence-electron chi connectivity index (χ0n) is 14.7. The Morgan fingerprint density at radius 1 is 1.31 bits per heavy atom. The number of H-pyrrole nitrogens is 1. The third-order valence-electron chi connectivity index (χ3n) is 4.36. The Morgan fingerprint density at radius 2 is 2.08 bits per heavy atom. The Morgan fingerprint density at radius 3 is 2.73 bits per heavy atom. The monoisotopic (exact) mass is 359 g/mol. The SMILES string of the molecule is CCc1ccnc(OC)c1-c1cc2ccc(N(C)C(=O)C(F)F)cc2[nH]1. The number of alkyl halides is 2. The summed E-state index contributed by atoms with van der Waals surface area (Å²) in [6.07, 6.45) is -0.533. The van der Waals surface area contributed by atoms with Crippen LogP contribution in [0.3, 0.4) is 0 Å². The van der Waals surface area contributed by atoms with Crippen molar-refractivity contribution in [2.75, 3.05) is 19.1 Å². The van der Waals surface area contributed by atoms with E-state index in [4.69, 9.17) is 4.74 Å². The molecular formula is C19H19F2N3O2. The molecule has 0 aliphatic rings. The first-order chi connectivity index (χ1) is 12.5. The number of carbonyl (C=O) groups excluding carboxylic acids is 1. The number of carbonyl (C=O) groups is 1. The highest BCUT2D eigenvalue weighted by molar-refractivity contribution is 5.98. The normalized spacial score (nSPS) is 11.2. The molecule has 1 amide bonds. The standard InChI is InChI=1S/C19H19F2N3O2/c1-4-11-7-8-22-18(26-3)16(11)15-9-12-5-6-13(10-14(12)23-15)24(2)19(25)17(20)21/h5-10,17,23H,4H2,1-3H3. The molecule has 26 heavy (non-hydrogen) atoms. The van der Waals surface area contributed by atoms with Gasteiger partial charge in [0.25, 0.3) is 5.91 Å². The molecule has 0 aliphatic carbocycles. The molecule has 5 nitrogen and oxygen atoms in total. The van der Waals surface area contributed by atoms with Crippen LogP contribution in [0, 0.1) is 0 Å². The molecule has 0 saturated heterocycles. The van der Waals surface area contributed by atoms with E-state index in [2.05, 4.69) is 9.97 Å². The van der Waals surface area contributed by atoms with Gasteiger partial charge in [0.1, 0.15) is 0 Å². The second-order valence-corrected chi connectivity index (χ2v) is 5.86. The fourth-order valence-corrected chi connectivity index (χ4v) is 2.95. The van der Waals surface area contributed by atoms with Crippen molar-refractivity contribution in [3.8, 4) is 17.1 Å². The third-order valence-corrected chi connectivity index (χ3v) is 4.36. The van der Waals surface area contributed by atoms with Gasteiger partial charge >= 0.3 is 6.43 Å². The van der Waals surface area contributed by atoms with Gasteiger partial charge in [0.2, 0.25) is 5.88 Å². The van der Waals surface area contributed by atoms with Gasteiger partial charge in [-0.25, -0.2) is 4.98 Å². The van der Waals surface area contributed by atoms with Crippen molar-refractivity contribution in [3.63, 3.8) is 0 Å². The van der Waals surface area contributed by atoms with Crippen molar-refractivity contribution in [3.05, 3.63) is 42.1 Å². The van der Waals surface area contributed by atoms with Gasteiger partial charge in [-0.2, -0.15) is 8.78 Å². The number of hydrogen-bond acceptors (Lipinski definition) is 3. The summed E-state index contributed by atoms with van der Waals surface area (Å²) in [5.74, 6) is -0.723. The number of nitrogens with zero attached hydrogens (tertiary/aromatic N) is 2. The fourth-order valence-electron chi connectivity index (χ4n) is 2.95. The number of methoxy groups -OCH3 is 1. The lowest BCUT2D eigenvalue weighted by Crippen LogP contribution is -2.31. The van der Waals surface area contributed by atoms with Gasteiger partial charge in [0.15, 0.2) is 0 Å². The molecule has 0 saturated carbocycles. The highest BCUT2D eigenvalue weighted by Crippen LogP contribution is 2.34. The first-order valence-corrected chi connectivity index (χ1v) is 8.17. The number of halogens is 2. The first kappa shape index (κ1) is 17.8. The molecule has 2 heterocycles. The third kappa shape index (κ3) is 3.12. The van der Waals surface area contributed by atoms with Gasteiger partial charge in [0, 0.05) is 29.8 Å². The van der Waals surface area contributed by atoms with Crippen molar-refractivity contribution >= 4 is 22.5 Å². The Kier molecular flexibility index (Phi) is 4.88. The van der Waals surface area contributed by atoms with Gasteiger partial charge < -0.3 is 14.6 Å². The number of rotatable bonds is 5. The van der Waals surface area contributed by atoms with Crippen molar-refractivity contribution in [1.82, 2.24) is 9.97 Å². The largest absolute Gasteiger partial charge is 0.480 e. The smallest absolute Gasteiger partial charge is 0.316 e. The lowest BCUT2D eigenvalue weighted by atomic mass is 10.0. The van der Waals surface area contributed by atoms with E-state index in [9.17, 15) is 13.6 Å². The molecule has 0 aliphatic heterocycles. The Balaban J connectivity index is 2.08. The Hall–Kier alpha value is -2.96. The highest BCUT2D eigenvalue weighted by atomic mass is 19.3. The Labute approximate surface area is 149 Å². The molecule has 0 atom stereocenters. The summed E-state index contributed by atoms with van der Waals surface area (Å²) in [4.78, 5) is 20.0. The molecule has 2 aromatic heterocycles. The summed E-state index contributed by atoms with van der Waals surface area (Å²) >= 11 is 0. The van der Waals surface area contributed by atoms with Crippen molar-refractivity contribution < 1.29 is 18.3 Å². The van der Waals surface area contributed by atoms with Crippen LogP contribution in [-0.4, -0.2) is 36.5 Å². The van der Waals surface area contributed by atoms with Crippen LogP contribution in [0.5, 0.6) is 5.88 Å². The number of nitrogens with one attached hydrogen (secondary N) is 1. The number of aromatic amines is 1. The number of anilines is 1. The summed E-state index contributed by atoms with van der Waals surface area (Å²) in [5.41, 5.74) is 3.90. The molecule has 3 aromatic rings. The van der Waals surface area contributed by atoms with Crippen molar-refractivity contribution in [2.24, 2.45) is 0 Å². The van der Waals surface area contributed by atoms with Crippen LogP contribution in [0.4, 0.5) is 14.5 Å². The van der Waals surface area contributed by atoms with Gasteiger partial charge in [-0.15, -0.1) is 0 Å². The van der Waals surface area contributed by atoms with Crippen LogP contribution < -0.4 is 9.64 Å². The van der Waals surface area contributed by atoms with Crippen LogP contribution in [0.2, 0.25) is 0 Å². The van der Waals surface area contributed by atoms with Crippen LogP contribution in [-0.2, 0) is 11.2 Å². The predicted molar refractivity (Wildman–Crippen MR) is 96.9 cm³/mol. The number of aromatic nitrogens is 2. The molecular weight excluding hydrogens is 340 g/mol. The molecule has 1 aromatic carbocycles. The fraction of sp³-hybridized carbons (Fsp3) is 0.263. The summed E-state index contributed by atoms with van der Waals surface area (Å²) < 4.78 is 30.7. The molecule has 1 N–H and O–H groups in total. The van der Waals surface area contributed by atoms with E-state index in [1.54, 1.807) is 31.5 Å². The average Bonchev–Trinajstić information content (AvgIpc) is 3.08. The molecule has 0 bridgehead atoms. The molecule has 3 rings (SSSR count). The van der Waals surface area contributed by atoms with Gasteiger partial charge in [0.05, 0.1) is 18.4 Å².